The molecule has 4 unspecified atom stereocenters. The molecule has 2 aliphatic heterocycles. The van der Waals surface area contributed by atoms with E-state index in [0.717, 1.165) is 18.2 Å². The smallest absolute Gasteiger partial charge is 0.0249 e. The molecule has 0 amide bonds. The van der Waals surface area contributed by atoms with E-state index in [1.807, 2.05) is 6.26 Å². The molecule has 0 N–H and O–H groups in total. The van der Waals surface area contributed by atoms with Crippen LogP contribution in [0.5, 0.6) is 0 Å². The molecule has 0 aromatic carbocycles. The Kier molecular flexibility index (Phi) is 5.44. The van der Waals surface area contributed by atoms with Gasteiger partial charge in [0.05, 0.1) is 0 Å². The van der Waals surface area contributed by atoms with Crippen molar-refractivity contribution in [3.8, 4) is 0 Å². The van der Waals surface area contributed by atoms with Crippen molar-refractivity contribution >= 4 is 10.8 Å². The number of piperazine rings is 1. The average molecular weight is 286 g/mol. The molecule has 2 aliphatic rings. The summed E-state index contributed by atoms with van der Waals surface area (Å²) in [7, 11) is -0.655. The van der Waals surface area contributed by atoms with Crippen molar-refractivity contribution < 1.29 is 4.21 Å². The van der Waals surface area contributed by atoms with Gasteiger partial charge in [0.15, 0.2) is 0 Å². The van der Waals surface area contributed by atoms with Gasteiger partial charge in [-0.05, 0) is 38.6 Å². The Bertz CT molecular complexity index is 321. The minimum absolute atomic E-state index is 0.569. The zero-order valence-corrected chi connectivity index (χ0v) is 13.8. The van der Waals surface area contributed by atoms with Crippen molar-refractivity contribution in [1.82, 2.24) is 9.80 Å². The van der Waals surface area contributed by atoms with Crippen LogP contribution in [0.25, 0.3) is 0 Å². The van der Waals surface area contributed by atoms with Gasteiger partial charge < -0.3 is 0 Å². The molecule has 0 aliphatic carbocycles. The summed E-state index contributed by atoms with van der Waals surface area (Å²) in [6.45, 7) is 10.8. The lowest BCUT2D eigenvalue weighted by Crippen LogP contribution is -2.60. The molecule has 2 heterocycles. The maximum Gasteiger partial charge on any atom is 0.0249 e. The molecular formula is C15H30N2OS. The van der Waals surface area contributed by atoms with E-state index in [1.165, 1.54) is 32.5 Å². The molecule has 3 nitrogen and oxygen atoms in total. The molecule has 0 bridgehead atoms. The average Bonchev–Trinajstić information content (AvgIpc) is 2.81. The molecule has 4 atom stereocenters. The van der Waals surface area contributed by atoms with Crippen LogP contribution in [0.15, 0.2) is 0 Å². The van der Waals surface area contributed by atoms with Crippen molar-refractivity contribution in [2.75, 3.05) is 31.6 Å². The Morgan fingerprint density at radius 3 is 2.63 bits per heavy atom. The van der Waals surface area contributed by atoms with Crippen LogP contribution in [0.2, 0.25) is 0 Å². The maximum atomic E-state index is 11.3. The third-order valence-electron chi connectivity index (χ3n) is 4.93. The summed E-state index contributed by atoms with van der Waals surface area (Å²) >= 11 is 0. The van der Waals surface area contributed by atoms with E-state index in [0.29, 0.717) is 18.0 Å². The van der Waals surface area contributed by atoms with Gasteiger partial charge in [0, 0.05) is 54.0 Å². The first-order valence-corrected chi connectivity index (χ1v) is 9.51. The normalized spacial score (nSPS) is 32.5. The topological polar surface area (TPSA) is 23.6 Å². The highest BCUT2D eigenvalue weighted by atomic mass is 32.2. The molecule has 0 radical (unpaired) electrons. The third-order valence-corrected chi connectivity index (χ3v) is 5.74. The number of hydrogen-bond donors (Lipinski definition) is 0. The van der Waals surface area contributed by atoms with Crippen LogP contribution < -0.4 is 0 Å². The fourth-order valence-electron chi connectivity index (χ4n) is 3.67. The number of hydrogen-bond acceptors (Lipinski definition) is 3. The summed E-state index contributed by atoms with van der Waals surface area (Å²) in [5, 5.41) is 0. The maximum absolute atomic E-state index is 11.3. The minimum Gasteiger partial charge on any atom is -0.298 e. The first-order valence-electron chi connectivity index (χ1n) is 7.79. The molecular weight excluding hydrogens is 256 g/mol. The van der Waals surface area contributed by atoms with Crippen LogP contribution in [-0.4, -0.2) is 63.8 Å². The number of rotatable bonds is 5. The number of fused-ring (bicyclic) bond motifs is 1. The zero-order valence-electron chi connectivity index (χ0n) is 13.0. The van der Waals surface area contributed by atoms with Crippen molar-refractivity contribution in [2.24, 2.45) is 5.92 Å². The second-order valence-electron chi connectivity index (χ2n) is 6.71. The molecule has 112 valence electrons. The molecule has 2 rings (SSSR count). The van der Waals surface area contributed by atoms with Crippen LogP contribution in [0, 0.1) is 5.92 Å². The summed E-state index contributed by atoms with van der Waals surface area (Å²) in [6.07, 6.45) is 5.63. The van der Waals surface area contributed by atoms with Gasteiger partial charge >= 0.3 is 0 Å². The highest BCUT2D eigenvalue weighted by molar-refractivity contribution is 7.84. The van der Waals surface area contributed by atoms with Gasteiger partial charge in [-0.25, -0.2) is 0 Å². The lowest BCUT2D eigenvalue weighted by atomic mass is 9.95. The Balaban J connectivity index is 2.00. The highest BCUT2D eigenvalue weighted by Crippen LogP contribution is 2.29. The van der Waals surface area contributed by atoms with Crippen molar-refractivity contribution in [3.05, 3.63) is 0 Å². The SMILES string of the molecule is CC(C)C1CN2CCCC2CN1C(C)CCS(C)=O. The molecule has 0 aromatic rings. The van der Waals surface area contributed by atoms with Crippen molar-refractivity contribution in [3.63, 3.8) is 0 Å². The largest absolute Gasteiger partial charge is 0.298 e. The fourth-order valence-corrected chi connectivity index (χ4v) is 4.34. The van der Waals surface area contributed by atoms with Crippen LogP contribution in [-0.2, 0) is 10.8 Å². The summed E-state index contributed by atoms with van der Waals surface area (Å²) in [6, 6.07) is 2.03. The Labute approximate surface area is 121 Å². The second kappa shape index (κ2) is 6.68. The number of nitrogens with zero attached hydrogens (tertiary/aromatic N) is 2. The van der Waals surface area contributed by atoms with E-state index >= 15 is 0 Å². The van der Waals surface area contributed by atoms with Gasteiger partial charge in [0.1, 0.15) is 0 Å². The monoisotopic (exact) mass is 286 g/mol. The van der Waals surface area contributed by atoms with E-state index in [4.69, 9.17) is 0 Å². The molecule has 0 spiro atoms. The van der Waals surface area contributed by atoms with Gasteiger partial charge in [0.25, 0.3) is 0 Å². The first kappa shape index (κ1) is 15.5. The predicted molar refractivity (Wildman–Crippen MR) is 82.9 cm³/mol. The minimum atomic E-state index is -0.655. The quantitative estimate of drug-likeness (QED) is 0.772. The van der Waals surface area contributed by atoms with Crippen LogP contribution in [0.1, 0.15) is 40.0 Å². The Morgan fingerprint density at radius 1 is 1.26 bits per heavy atom. The van der Waals surface area contributed by atoms with Crippen LogP contribution >= 0.6 is 0 Å². The fraction of sp³-hybridized carbons (Fsp3) is 1.00. The third kappa shape index (κ3) is 3.79. The Morgan fingerprint density at radius 2 is 2.00 bits per heavy atom. The first-order chi connectivity index (χ1) is 8.99. The summed E-state index contributed by atoms with van der Waals surface area (Å²) in [5.41, 5.74) is 0. The van der Waals surface area contributed by atoms with E-state index in [-0.39, 0.29) is 0 Å². The van der Waals surface area contributed by atoms with Crippen LogP contribution in [0.3, 0.4) is 0 Å². The van der Waals surface area contributed by atoms with E-state index < -0.39 is 10.8 Å². The summed E-state index contributed by atoms with van der Waals surface area (Å²) in [5.74, 6) is 1.55. The van der Waals surface area contributed by atoms with E-state index in [9.17, 15) is 4.21 Å². The lowest BCUT2D eigenvalue weighted by Gasteiger charge is -2.48. The molecule has 19 heavy (non-hydrogen) atoms. The molecule has 2 saturated heterocycles. The zero-order chi connectivity index (χ0) is 14.0. The van der Waals surface area contributed by atoms with Crippen molar-refractivity contribution in [1.29, 1.82) is 0 Å². The van der Waals surface area contributed by atoms with Gasteiger partial charge in [-0.1, -0.05) is 13.8 Å². The summed E-state index contributed by atoms with van der Waals surface area (Å²) in [4.78, 5) is 5.41. The van der Waals surface area contributed by atoms with Gasteiger partial charge in [-0.3, -0.25) is 14.0 Å². The van der Waals surface area contributed by atoms with Crippen LogP contribution in [0.4, 0.5) is 0 Å². The molecule has 0 aromatic heterocycles. The Hall–Kier alpha value is 0.0700. The van der Waals surface area contributed by atoms with Gasteiger partial charge in [-0.15, -0.1) is 0 Å². The van der Waals surface area contributed by atoms with Gasteiger partial charge in [0.2, 0.25) is 0 Å². The van der Waals surface area contributed by atoms with Gasteiger partial charge in [-0.2, -0.15) is 0 Å². The second-order valence-corrected chi connectivity index (χ2v) is 8.27. The highest BCUT2D eigenvalue weighted by Gasteiger charge is 2.38. The van der Waals surface area contributed by atoms with E-state index in [1.54, 1.807) is 0 Å². The molecule has 4 heteroatoms. The lowest BCUT2D eigenvalue weighted by molar-refractivity contribution is 0.00411. The molecule has 2 fully saturated rings. The van der Waals surface area contributed by atoms with Crippen molar-refractivity contribution in [2.45, 2.75) is 58.2 Å². The van der Waals surface area contributed by atoms with E-state index in [2.05, 4.69) is 30.6 Å². The predicted octanol–water partition coefficient (Wildman–Crippen LogP) is 1.95. The summed E-state index contributed by atoms with van der Waals surface area (Å²) < 4.78 is 11.3. The molecule has 0 saturated carbocycles. The standard InChI is InChI=1S/C15H30N2OS/c1-12(2)15-11-16-8-5-6-14(16)10-17(15)13(3)7-9-19(4)18/h12-15H,5-11H2,1-4H3.